The van der Waals surface area contributed by atoms with E-state index in [0.29, 0.717) is 0 Å². The standard InChI is InChI=1S/C34H37N5/c1-3-38(4-2)33-21-23-36-32(24-33)25-35-22-20-31-26-39(27-37-31)34(28-14-8-5-9-15-28,29-16-10-6-11-17-29)30-18-12-7-13-19-30/h5-19,21,23-24,26-27,35H,3-4,20,22,25H2,1-2H3. The van der Waals surface area contributed by atoms with Gasteiger partial charge in [-0.1, -0.05) is 91.0 Å². The second-order valence-electron chi connectivity index (χ2n) is 9.69. The maximum absolute atomic E-state index is 4.86. The van der Waals surface area contributed by atoms with Crippen LogP contribution in [0.15, 0.2) is 122 Å². The molecular formula is C34H37N5. The van der Waals surface area contributed by atoms with Gasteiger partial charge in [-0.15, -0.1) is 0 Å². The van der Waals surface area contributed by atoms with Gasteiger partial charge < -0.3 is 14.8 Å². The van der Waals surface area contributed by atoms with Crippen molar-refractivity contribution in [2.45, 2.75) is 32.4 Å². The number of anilines is 1. The highest BCUT2D eigenvalue weighted by Crippen LogP contribution is 2.40. The lowest BCUT2D eigenvalue weighted by atomic mass is 9.77. The predicted molar refractivity (Wildman–Crippen MR) is 160 cm³/mol. The minimum atomic E-state index is -0.531. The van der Waals surface area contributed by atoms with E-state index < -0.39 is 5.54 Å². The molecule has 0 aliphatic rings. The molecule has 3 aromatic carbocycles. The molecule has 2 aromatic heterocycles. The van der Waals surface area contributed by atoms with Crippen LogP contribution in [0.2, 0.25) is 0 Å². The predicted octanol–water partition coefficient (Wildman–Crippen LogP) is 6.30. The number of rotatable bonds is 12. The Bertz CT molecular complexity index is 1330. The van der Waals surface area contributed by atoms with Gasteiger partial charge in [0, 0.05) is 50.7 Å². The van der Waals surface area contributed by atoms with Crippen LogP contribution in [-0.2, 0) is 18.5 Å². The zero-order valence-corrected chi connectivity index (χ0v) is 22.9. The van der Waals surface area contributed by atoms with Crippen molar-refractivity contribution in [3.8, 4) is 0 Å². The number of nitrogens with zero attached hydrogens (tertiary/aromatic N) is 4. The number of nitrogens with one attached hydrogen (secondary N) is 1. The quantitative estimate of drug-likeness (QED) is 0.157. The maximum Gasteiger partial charge on any atom is 0.121 e. The number of benzene rings is 3. The summed E-state index contributed by atoms with van der Waals surface area (Å²) in [6.07, 6.45) is 6.92. The van der Waals surface area contributed by atoms with Crippen molar-refractivity contribution in [1.82, 2.24) is 19.9 Å². The molecule has 0 saturated heterocycles. The summed E-state index contributed by atoms with van der Waals surface area (Å²) in [6, 6.07) is 36.4. The van der Waals surface area contributed by atoms with Crippen LogP contribution in [0.3, 0.4) is 0 Å². The average Bonchev–Trinajstić information content (AvgIpc) is 3.47. The van der Waals surface area contributed by atoms with Crippen LogP contribution in [0.1, 0.15) is 41.9 Å². The van der Waals surface area contributed by atoms with Gasteiger partial charge in [-0.25, -0.2) is 4.98 Å². The molecule has 1 N–H and O–H groups in total. The van der Waals surface area contributed by atoms with Crippen molar-refractivity contribution in [3.05, 3.63) is 150 Å². The first kappa shape index (κ1) is 26.4. The van der Waals surface area contributed by atoms with Crippen molar-refractivity contribution in [1.29, 1.82) is 0 Å². The third-order valence-corrected chi connectivity index (χ3v) is 7.39. The topological polar surface area (TPSA) is 46.0 Å². The van der Waals surface area contributed by atoms with Crippen molar-refractivity contribution >= 4 is 5.69 Å². The molecule has 198 valence electrons. The van der Waals surface area contributed by atoms with Gasteiger partial charge in [-0.3, -0.25) is 4.98 Å². The Hall–Kier alpha value is -4.22. The summed E-state index contributed by atoms with van der Waals surface area (Å²) in [4.78, 5) is 11.8. The smallest absolute Gasteiger partial charge is 0.121 e. The molecule has 0 bridgehead atoms. The van der Waals surface area contributed by atoms with Crippen LogP contribution in [0.5, 0.6) is 0 Å². The van der Waals surface area contributed by atoms with Crippen molar-refractivity contribution in [2.24, 2.45) is 0 Å². The van der Waals surface area contributed by atoms with Crippen LogP contribution < -0.4 is 10.2 Å². The van der Waals surface area contributed by atoms with Gasteiger partial charge in [-0.2, -0.15) is 0 Å². The van der Waals surface area contributed by atoms with E-state index in [9.17, 15) is 0 Å². The molecule has 0 amide bonds. The first-order chi connectivity index (χ1) is 19.3. The first-order valence-corrected chi connectivity index (χ1v) is 13.9. The van der Waals surface area contributed by atoms with Crippen LogP contribution in [0.25, 0.3) is 0 Å². The minimum Gasteiger partial charge on any atom is -0.372 e. The van der Waals surface area contributed by atoms with Crippen molar-refractivity contribution in [2.75, 3.05) is 24.5 Å². The monoisotopic (exact) mass is 515 g/mol. The number of aromatic nitrogens is 3. The molecule has 5 rings (SSSR count). The minimum absolute atomic E-state index is 0.531. The SMILES string of the molecule is CCN(CC)c1ccnc(CNCCc2cn(C(c3ccccc3)(c3ccccc3)c3ccccc3)cn2)c1. The van der Waals surface area contributed by atoms with E-state index in [4.69, 9.17) is 4.98 Å². The zero-order chi connectivity index (χ0) is 26.9. The zero-order valence-electron chi connectivity index (χ0n) is 22.9. The van der Waals surface area contributed by atoms with Gasteiger partial charge in [0.1, 0.15) is 5.54 Å². The molecule has 0 unspecified atom stereocenters. The fraction of sp³-hybridized carbons (Fsp3) is 0.235. The van der Waals surface area contributed by atoms with E-state index in [1.54, 1.807) is 0 Å². The van der Waals surface area contributed by atoms with Crippen LogP contribution >= 0.6 is 0 Å². The van der Waals surface area contributed by atoms with Crippen LogP contribution in [0, 0.1) is 0 Å². The molecule has 0 saturated carbocycles. The van der Waals surface area contributed by atoms with Gasteiger partial charge in [0.05, 0.1) is 17.7 Å². The Morgan fingerprint density at radius 1 is 0.718 bits per heavy atom. The summed E-state index contributed by atoms with van der Waals surface area (Å²) in [5, 5.41) is 3.57. The van der Waals surface area contributed by atoms with Gasteiger partial charge in [0.15, 0.2) is 0 Å². The van der Waals surface area contributed by atoms with Gasteiger partial charge in [0.25, 0.3) is 0 Å². The highest BCUT2D eigenvalue weighted by molar-refractivity contribution is 5.51. The van der Waals surface area contributed by atoms with E-state index in [1.807, 2.05) is 12.5 Å². The maximum atomic E-state index is 4.86. The Morgan fingerprint density at radius 3 is 1.82 bits per heavy atom. The summed E-state index contributed by atoms with van der Waals surface area (Å²) in [5.41, 5.74) is 6.40. The number of hydrogen-bond donors (Lipinski definition) is 1. The molecule has 0 aliphatic heterocycles. The fourth-order valence-electron chi connectivity index (χ4n) is 5.44. The third kappa shape index (κ3) is 5.64. The number of pyridine rings is 1. The molecule has 2 heterocycles. The molecule has 5 nitrogen and oxygen atoms in total. The molecule has 5 heteroatoms. The van der Waals surface area contributed by atoms with Crippen molar-refractivity contribution in [3.63, 3.8) is 0 Å². The highest BCUT2D eigenvalue weighted by atomic mass is 15.1. The van der Waals surface area contributed by atoms with E-state index >= 15 is 0 Å². The molecule has 5 aromatic rings. The Morgan fingerprint density at radius 2 is 1.28 bits per heavy atom. The summed E-state index contributed by atoms with van der Waals surface area (Å²) in [6.45, 7) is 7.91. The van der Waals surface area contributed by atoms with Gasteiger partial charge in [0.2, 0.25) is 0 Å². The average molecular weight is 516 g/mol. The molecule has 0 spiro atoms. The number of hydrogen-bond acceptors (Lipinski definition) is 4. The number of imidazole rings is 1. The van der Waals surface area contributed by atoms with Crippen LogP contribution in [0.4, 0.5) is 5.69 Å². The third-order valence-electron chi connectivity index (χ3n) is 7.39. The van der Waals surface area contributed by atoms with Crippen LogP contribution in [-0.4, -0.2) is 34.2 Å². The molecular weight excluding hydrogens is 478 g/mol. The molecule has 39 heavy (non-hydrogen) atoms. The highest BCUT2D eigenvalue weighted by Gasteiger charge is 2.38. The Balaban J connectivity index is 1.39. The molecule has 0 atom stereocenters. The largest absolute Gasteiger partial charge is 0.372 e. The lowest BCUT2D eigenvalue weighted by molar-refractivity contribution is 0.514. The fourth-order valence-corrected chi connectivity index (χ4v) is 5.44. The second-order valence-corrected chi connectivity index (χ2v) is 9.69. The lowest BCUT2D eigenvalue weighted by Crippen LogP contribution is -2.37. The summed E-state index contributed by atoms with van der Waals surface area (Å²) >= 11 is 0. The second kappa shape index (κ2) is 12.5. The summed E-state index contributed by atoms with van der Waals surface area (Å²) < 4.78 is 2.28. The molecule has 0 aliphatic carbocycles. The molecule has 0 fully saturated rings. The normalized spacial score (nSPS) is 11.4. The summed E-state index contributed by atoms with van der Waals surface area (Å²) in [7, 11) is 0. The summed E-state index contributed by atoms with van der Waals surface area (Å²) in [5.74, 6) is 0. The lowest BCUT2D eigenvalue weighted by Gasteiger charge is -2.37. The first-order valence-electron chi connectivity index (χ1n) is 13.9. The van der Waals surface area contributed by atoms with E-state index in [-0.39, 0.29) is 0 Å². The van der Waals surface area contributed by atoms with Gasteiger partial charge >= 0.3 is 0 Å². The Labute approximate surface area is 232 Å². The van der Waals surface area contributed by atoms with Gasteiger partial charge in [-0.05, 0) is 42.7 Å². The van der Waals surface area contributed by atoms with Crippen molar-refractivity contribution < 1.29 is 0 Å². The molecule has 0 radical (unpaired) electrons. The van der Waals surface area contributed by atoms with E-state index in [1.165, 1.54) is 22.4 Å². The van der Waals surface area contributed by atoms with E-state index in [0.717, 1.165) is 44.0 Å². The van der Waals surface area contributed by atoms with E-state index in [2.05, 4.69) is 143 Å². The Kier molecular flexibility index (Phi) is 8.49.